The van der Waals surface area contributed by atoms with Crippen LogP contribution in [-0.4, -0.2) is 45.1 Å². The Morgan fingerprint density at radius 2 is 2.18 bits per heavy atom. The number of amides is 1. The highest BCUT2D eigenvalue weighted by Gasteiger charge is 2.27. The predicted octanol–water partition coefficient (Wildman–Crippen LogP) is 4.07. The Labute approximate surface area is 197 Å². The summed E-state index contributed by atoms with van der Waals surface area (Å²) in [6.07, 6.45) is 4.45. The lowest BCUT2D eigenvalue weighted by Crippen LogP contribution is -2.30. The van der Waals surface area contributed by atoms with Gasteiger partial charge in [0.2, 0.25) is 5.91 Å². The second-order valence-corrected chi connectivity index (χ2v) is 8.97. The number of nitrogens with one attached hydrogen (secondary N) is 2. The lowest BCUT2D eigenvalue weighted by molar-refractivity contribution is -0.119. The fourth-order valence-corrected chi connectivity index (χ4v) is 4.70. The first kappa shape index (κ1) is 21.5. The number of benzene rings is 1. The van der Waals surface area contributed by atoms with E-state index in [0.717, 1.165) is 53.1 Å². The van der Waals surface area contributed by atoms with Crippen molar-refractivity contribution in [1.82, 2.24) is 24.9 Å². The van der Waals surface area contributed by atoms with Crippen LogP contribution in [0.2, 0.25) is 5.02 Å². The average Bonchev–Trinajstić information content (AvgIpc) is 3.47. The van der Waals surface area contributed by atoms with Crippen LogP contribution < -0.4 is 15.5 Å². The van der Waals surface area contributed by atoms with Gasteiger partial charge in [0.15, 0.2) is 5.82 Å². The van der Waals surface area contributed by atoms with Crippen molar-refractivity contribution in [3.8, 4) is 0 Å². The molecule has 0 saturated carbocycles. The lowest BCUT2D eigenvalue weighted by Gasteiger charge is -2.25. The zero-order valence-electron chi connectivity index (χ0n) is 18.6. The summed E-state index contributed by atoms with van der Waals surface area (Å²) >= 11 is 6.50. The summed E-state index contributed by atoms with van der Waals surface area (Å²) in [4.78, 5) is 23.1. The van der Waals surface area contributed by atoms with Crippen molar-refractivity contribution in [2.24, 2.45) is 5.92 Å². The van der Waals surface area contributed by atoms with E-state index in [1.165, 1.54) is 0 Å². The number of halogens is 1. The molecular weight excluding hydrogens is 438 g/mol. The van der Waals surface area contributed by atoms with Gasteiger partial charge in [0.25, 0.3) is 0 Å². The monoisotopic (exact) mass is 463 g/mol. The van der Waals surface area contributed by atoms with Crippen molar-refractivity contribution >= 4 is 45.6 Å². The van der Waals surface area contributed by atoms with E-state index in [-0.39, 0.29) is 11.9 Å². The molecular formula is C24H26ClN7O. The molecule has 0 bridgehead atoms. The maximum absolute atomic E-state index is 11.4. The molecule has 9 heteroatoms. The van der Waals surface area contributed by atoms with Crippen LogP contribution in [0.25, 0.3) is 16.4 Å². The molecule has 1 saturated heterocycles. The maximum atomic E-state index is 11.4. The standard InChI is InChI=1S/C24H26ClN7O/c1-15(29-23-21-7-4-9-32(21)28-14-27-23)19-11-18-5-3-6-20(25)22(18)30-24(19)31-10-8-17(13-31)12-26-16(2)33/h3-7,9,11,14-15,17H,8,10,12-13H2,1-2H3,(H,26,33)(H,27,28,29)/t15-,17+/m0/s1. The number of hydrogen-bond donors (Lipinski definition) is 2. The number of anilines is 2. The molecule has 1 fully saturated rings. The molecule has 33 heavy (non-hydrogen) atoms. The minimum Gasteiger partial charge on any atom is -0.362 e. The molecule has 4 aromatic rings. The van der Waals surface area contributed by atoms with Crippen LogP contribution in [0.3, 0.4) is 0 Å². The normalized spacial score (nSPS) is 16.9. The molecule has 1 aromatic carbocycles. The summed E-state index contributed by atoms with van der Waals surface area (Å²) in [5, 5.41) is 12.4. The summed E-state index contributed by atoms with van der Waals surface area (Å²) < 4.78 is 1.80. The molecule has 0 unspecified atom stereocenters. The fourth-order valence-electron chi connectivity index (χ4n) is 4.48. The van der Waals surface area contributed by atoms with Gasteiger partial charge < -0.3 is 15.5 Å². The van der Waals surface area contributed by atoms with Crippen LogP contribution in [0, 0.1) is 5.92 Å². The number of carbonyl (C=O) groups excluding carboxylic acids is 1. The number of para-hydroxylation sites is 1. The summed E-state index contributed by atoms with van der Waals surface area (Å²) in [6.45, 7) is 6.06. The molecule has 170 valence electrons. The van der Waals surface area contributed by atoms with Crippen LogP contribution >= 0.6 is 11.6 Å². The molecule has 5 rings (SSSR count). The lowest BCUT2D eigenvalue weighted by atomic mass is 10.1. The molecule has 1 aliphatic rings. The van der Waals surface area contributed by atoms with Crippen LogP contribution in [-0.2, 0) is 4.79 Å². The Hall–Kier alpha value is -3.39. The van der Waals surface area contributed by atoms with Gasteiger partial charge in [-0.05, 0) is 43.5 Å². The van der Waals surface area contributed by atoms with E-state index in [4.69, 9.17) is 16.6 Å². The zero-order valence-corrected chi connectivity index (χ0v) is 19.4. The molecule has 2 atom stereocenters. The van der Waals surface area contributed by atoms with Gasteiger partial charge in [-0.3, -0.25) is 4.79 Å². The third kappa shape index (κ3) is 4.30. The minimum absolute atomic E-state index is 0.00382. The van der Waals surface area contributed by atoms with Crippen molar-refractivity contribution in [1.29, 1.82) is 0 Å². The SMILES string of the molecule is CC(=O)NC[C@H]1CCN(c2nc3c(Cl)cccc3cc2[C@H](C)Nc2ncnn3cccc23)C1. The zero-order chi connectivity index (χ0) is 22.9. The molecule has 1 aliphatic heterocycles. The van der Waals surface area contributed by atoms with Gasteiger partial charge in [-0.2, -0.15) is 5.10 Å². The van der Waals surface area contributed by atoms with Gasteiger partial charge >= 0.3 is 0 Å². The predicted molar refractivity (Wildman–Crippen MR) is 131 cm³/mol. The van der Waals surface area contributed by atoms with E-state index < -0.39 is 0 Å². The van der Waals surface area contributed by atoms with Crippen LogP contribution in [0.4, 0.5) is 11.6 Å². The van der Waals surface area contributed by atoms with Crippen molar-refractivity contribution in [2.75, 3.05) is 29.9 Å². The Morgan fingerprint density at radius 1 is 1.30 bits per heavy atom. The average molecular weight is 464 g/mol. The van der Waals surface area contributed by atoms with Crippen molar-refractivity contribution in [3.05, 3.63) is 59.5 Å². The first-order valence-corrected chi connectivity index (χ1v) is 11.5. The second-order valence-electron chi connectivity index (χ2n) is 8.56. The molecule has 0 aliphatic carbocycles. The summed E-state index contributed by atoms with van der Waals surface area (Å²) in [5.74, 6) is 2.08. The molecule has 0 spiro atoms. The van der Waals surface area contributed by atoms with E-state index in [9.17, 15) is 4.79 Å². The van der Waals surface area contributed by atoms with Gasteiger partial charge in [-0.15, -0.1) is 0 Å². The Balaban J connectivity index is 1.50. The fraction of sp³-hybridized carbons (Fsp3) is 0.333. The largest absolute Gasteiger partial charge is 0.362 e. The van der Waals surface area contributed by atoms with Gasteiger partial charge in [0, 0.05) is 43.7 Å². The van der Waals surface area contributed by atoms with Gasteiger partial charge in [-0.1, -0.05) is 23.7 Å². The first-order valence-electron chi connectivity index (χ1n) is 11.1. The molecule has 2 N–H and O–H groups in total. The van der Waals surface area contributed by atoms with Crippen LogP contribution in [0.1, 0.15) is 31.9 Å². The van der Waals surface area contributed by atoms with Crippen molar-refractivity contribution < 1.29 is 4.79 Å². The molecule has 0 radical (unpaired) electrons. The number of pyridine rings is 1. The third-order valence-corrected chi connectivity index (χ3v) is 6.49. The number of fused-ring (bicyclic) bond motifs is 2. The van der Waals surface area contributed by atoms with E-state index in [1.54, 1.807) is 17.8 Å². The van der Waals surface area contributed by atoms with Gasteiger partial charge in [0.05, 0.1) is 16.6 Å². The van der Waals surface area contributed by atoms with Gasteiger partial charge in [0.1, 0.15) is 17.7 Å². The summed E-state index contributed by atoms with van der Waals surface area (Å²) in [7, 11) is 0. The highest BCUT2D eigenvalue weighted by molar-refractivity contribution is 6.35. The quantitative estimate of drug-likeness (QED) is 0.448. The molecule has 4 heterocycles. The summed E-state index contributed by atoms with van der Waals surface area (Å²) in [5.41, 5.74) is 2.79. The maximum Gasteiger partial charge on any atom is 0.216 e. The van der Waals surface area contributed by atoms with Gasteiger partial charge in [-0.25, -0.2) is 14.5 Å². The van der Waals surface area contributed by atoms with E-state index in [1.807, 2.05) is 36.5 Å². The van der Waals surface area contributed by atoms with Crippen LogP contribution in [0.15, 0.2) is 48.9 Å². The molecule has 1 amide bonds. The smallest absolute Gasteiger partial charge is 0.216 e. The van der Waals surface area contributed by atoms with Crippen molar-refractivity contribution in [3.63, 3.8) is 0 Å². The molecule has 3 aromatic heterocycles. The van der Waals surface area contributed by atoms with E-state index in [2.05, 4.69) is 38.6 Å². The van der Waals surface area contributed by atoms with Crippen LogP contribution in [0.5, 0.6) is 0 Å². The number of hydrogen-bond acceptors (Lipinski definition) is 6. The topological polar surface area (TPSA) is 87.5 Å². The number of carbonyl (C=O) groups is 1. The minimum atomic E-state index is -0.0566. The molecule has 8 nitrogen and oxygen atoms in total. The Bertz CT molecular complexity index is 1320. The van der Waals surface area contributed by atoms with Crippen molar-refractivity contribution in [2.45, 2.75) is 26.3 Å². The highest BCUT2D eigenvalue weighted by atomic mass is 35.5. The third-order valence-electron chi connectivity index (χ3n) is 6.18. The highest BCUT2D eigenvalue weighted by Crippen LogP contribution is 2.35. The Morgan fingerprint density at radius 3 is 3.03 bits per heavy atom. The number of nitrogens with zero attached hydrogens (tertiary/aromatic N) is 5. The van der Waals surface area contributed by atoms with E-state index >= 15 is 0 Å². The number of aromatic nitrogens is 4. The summed E-state index contributed by atoms with van der Waals surface area (Å²) in [6, 6.07) is 11.9. The second kappa shape index (κ2) is 8.86. The van der Waals surface area contributed by atoms with E-state index in [0.29, 0.717) is 17.5 Å². The first-order chi connectivity index (χ1) is 16.0. The number of rotatable bonds is 6. The Kier molecular flexibility index (Phi) is 5.76.